The summed E-state index contributed by atoms with van der Waals surface area (Å²) < 4.78 is 59.9. The molecule has 0 aromatic rings. The summed E-state index contributed by atoms with van der Waals surface area (Å²) in [6, 6.07) is -2.54. The maximum Gasteiger partial charge on any atom is 1.00 e. The smallest absolute Gasteiger partial charge is 0.467 e. The summed E-state index contributed by atoms with van der Waals surface area (Å²) in [5, 5.41) is 7.13. The second kappa shape index (κ2) is 16.6. The molecule has 0 heterocycles. The van der Waals surface area contributed by atoms with Crippen molar-refractivity contribution in [1.29, 1.82) is 0 Å². The fourth-order valence-electron chi connectivity index (χ4n) is 1.52. The molecule has 0 saturated heterocycles. The molecular weight excluding hydrogens is 470 g/mol. The van der Waals surface area contributed by atoms with E-state index in [-0.39, 0.29) is 52.1 Å². The van der Waals surface area contributed by atoms with Crippen LogP contribution in [-0.4, -0.2) is 48.4 Å². The molecule has 2 unspecified atom stereocenters. The zero-order valence-corrected chi connectivity index (χ0v) is 18.6. The van der Waals surface area contributed by atoms with Gasteiger partial charge in [0.1, 0.15) is 0 Å². The Balaban J connectivity index is -0.000000183. The molecule has 4 nitrogen and oxygen atoms in total. The number of amidine groups is 2. The van der Waals surface area contributed by atoms with E-state index in [0.717, 1.165) is 6.92 Å². The summed E-state index contributed by atoms with van der Waals surface area (Å²) in [5.41, 5.74) is 0. The van der Waals surface area contributed by atoms with E-state index in [4.69, 9.17) is 0 Å². The van der Waals surface area contributed by atoms with E-state index >= 15 is 0 Å². The molecule has 0 radical (unpaired) electrons. The van der Waals surface area contributed by atoms with Crippen molar-refractivity contribution < 1.29 is 56.1 Å². The van der Waals surface area contributed by atoms with E-state index < -0.39 is 24.7 Å². The van der Waals surface area contributed by atoms with Crippen LogP contribution >= 0.6 is 0 Å². The van der Waals surface area contributed by atoms with Gasteiger partial charge < -0.3 is 20.6 Å². The Morgan fingerprint density at radius 2 is 1.07 bits per heavy atom. The molecule has 170 valence electrons. The minimum atomic E-state index is -4.27. The van der Waals surface area contributed by atoms with Crippen molar-refractivity contribution in [3.8, 4) is 0 Å². The number of rotatable bonds is 5. The third-order valence-corrected chi connectivity index (χ3v) is 2.50. The normalized spacial score (nSPS) is 14.7. The minimum Gasteiger partial charge on any atom is -0.467 e. The molecule has 0 aliphatic heterocycles. The second-order valence-electron chi connectivity index (χ2n) is 6.09. The summed E-state index contributed by atoms with van der Waals surface area (Å²) in [6.45, 7) is 12.8. The van der Waals surface area contributed by atoms with Crippen LogP contribution in [0.1, 0.15) is 55.4 Å². The zero-order valence-electron chi connectivity index (χ0n) is 16.7. The third-order valence-electron chi connectivity index (χ3n) is 2.50. The molecule has 0 aromatic carbocycles. The summed E-state index contributed by atoms with van der Waals surface area (Å²) >= 11 is 0. The van der Waals surface area contributed by atoms with Crippen LogP contribution in [0.2, 0.25) is 0 Å². The van der Waals surface area contributed by atoms with Gasteiger partial charge in [-0.15, -0.1) is 0 Å². The molecule has 0 N–H and O–H groups in total. The third kappa shape index (κ3) is 21.8. The van der Waals surface area contributed by atoms with Crippen molar-refractivity contribution in [2.75, 3.05) is 0 Å². The molecule has 11 heteroatoms. The van der Waals surface area contributed by atoms with Crippen molar-refractivity contribution >= 4 is 11.7 Å². The van der Waals surface area contributed by atoms with Crippen LogP contribution in [0.4, 0.5) is 22.0 Å². The fraction of sp³-hybridized carbons (Fsp3) is 0.875. The van der Waals surface area contributed by atoms with Crippen molar-refractivity contribution in [3.63, 3.8) is 0 Å². The summed E-state index contributed by atoms with van der Waals surface area (Å²) in [7, 11) is 0. The van der Waals surface area contributed by atoms with Crippen LogP contribution < -0.4 is 0 Å². The standard InChI is InChI=1S/C8H14F3N2.C8H15F2N2.2Cu/c1-5(2)12-7(4)13-6(3)8(9,10)11;1-5(2)11-7(4)12-6(3)8(9)10;;/h5-6H,1-4H3;5-6,8H,1-4H3;;/q2*-1;2*+1. The first kappa shape index (κ1) is 34.2. The van der Waals surface area contributed by atoms with E-state index in [0.29, 0.717) is 5.84 Å². The Hall–Kier alpha value is -0.371. The molecule has 0 aromatic heterocycles. The van der Waals surface area contributed by atoms with E-state index in [1.807, 2.05) is 13.8 Å². The zero-order chi connectivity index (χ0) is 20.4. The molecule has 0 amide bonds. The monoisotopic (exact) mass is 498 g/mol. The molecule has 0 spiro atoms. The average Bonchev–Trinajstić information content (AvgIpc) is 2.35. The van der Waals surface area contributed by atoms with Gasteiger partial charge >= 0.3 is 40.3 Å². The van der Waals surface area contributed by atoms with Crippen LogP contribution in [0.25, 0.3) is 10.6 Å². The van der Waals surface area contributed by atoms with Gasteiger partial charge in [-0.2, -0.15) is 13.2 Å². The number of aliphatic imine (C=N–C) groups is 2. The predicted molar refractivity (Wildman–Crippen MR) is 94.2 cm³/mol. The van der Waals surface area contributed by atoms with Crippen LogP contribution in [0.5, 0.6) is 0 Å². The van der Waals surface area contributed by atoms with E-state index in [9.17, 15) is 22.0 Å². The number of nitrogens with zero attached hydrogens (tertiary/aromatic N) is 4. The molecule has 0 saturated carbocycles. The predicted octanol–water partition coefficient (Wildman–Crippen LogP) is 5.97. The van der Waals surface area contributed by atoms with Crippen LogP contribution in [0, 0.1) is 0 Å². The number of alkyl halides is 5. The molecule has 2 atom stereocenters. The van der Waals surface area contributed by atoms with Crippen molar-refractivity contribution in [1.82, 2.24) is 0 Å². The van der Waals surface area contributed by atoms with Gasteiger partial charge in [-0.1, -0.05) is 53.2 Å². The molecule has 0 fully saturated rings. The second-order valence-corrected chi connectivity index (χ2v) is 6.09. The Bertz CT molecular complexity index is 428. The molecular formula is C16H29Cu2F5N4. The van der Waals surface area contributed by atoms with E-state index in [1.165, 1.54) is 13.8 Å². The first-order chi connectivity index (χ1) is 11.2. The quantitative estimate of drug-likeness (QED) is 0.194. The van der Waals surface area contributed by atoms with Crippen molar-refractivity contribution in [3.05, 3.63) is 10.6 Å². The summed E-state index contributed by atoms with van der Waals surface area (Å²) in [5.74, 6) is 0.637. The number of hydrogen-bond donors (Lipinski definition) is 0. The first-order valence-corrected chi connectivity index (χ1v) is 8.02. The Kier molecular flexibility index (Phi) is 21.0. The summed E-state index contributed by atoms with van der Waals surface area (Å²) in [4.78, 5) is 7.90. The van der Waals surface area contributed by atoms with Gasteiger partial charge in [0.15, 0.2) is 0 Å². The van der Waals surface area contributed by atoms with Gasteiger partial charge in [-0.05, 0) is 25.9 Å². The SMILES string of the molecule is CC(=NC(C)C)[N-]C(C)C(F)(F)F.CC(=NC(C)C)[N-]C(C)C(F)F.[Cu+].[Cu+]. The Labute approximate surface area is 180 Å². The largest absolute Gasteiger partial charge is 1.00 e. The average molecular weight is 500 g/mol. The van der Waals surface area contributed by atoms with Crippen LogP contribution in [0.3, 0.4) is 0 Å². The minimum absolute atomic E-state index is 0. The van der Waals surface area contributed by atoms with Crippen molar-refractivity contribution in [2.45, 2.75) is 92.2 Å². The number of halogens is 5. The first-order valence-electron chi connectivity index (χ1n) is 8.02. The molecule has 0 rings (SSSR count). The molecule has 0 aliphatic rings. The Morgan fingerprint density at radius 1 is 0.741 bits per heavy atom. The van der Waals surface area contributed by atoms with Gasteiger partial charge in [-0.3, -0.25) is 0 Å². The van der Waals surface area contributed by atoms with Gasteiger partial charge in [-0.25, -0.2) is 8.78 Å². The van der Waals surface area contributed by atoms with Gasteiger partial charge in [0, 0.05) is 6.04 Å². The summed E-state index contributed by atoms with van der Waals surface area (Å²) in [6.07, 6.45) is -6.67. The van der Waals surface area contributed by atoms with Gasteiger partial charge in [0.05, 0.1) is 6.04 Å². The van der Waals surface area contributed by atoms with Crippen molar-refractivity contribution in [2.24, 2.45) is 9.98 Å². The molecule has 0 bridgehead atoms. The van der Waals surface area contributed by atoms with E-state index in [1.54, 1.807) is 20.8 Å². The van der Waals surface area contributed by atoms with Gasteiger partial charge in [0.25, 0.3) is 0 Å². The molecule has 27 heavy (non-hydrogen) atoms. The Morgan fingerprint density at radius 3 is 1.33 bits per heavy atom. The molecule has 0 aliphatic carbocycles. The number of hydrogen-bond acceptors (Lipinski definition) is 2. The van der Waals surface area contributed by atoms with Gasteiger partial charge in [0.2, 0.25) is 6.43 Å². The maximum atomic E-state index is 12.0. The van der Waals surface area contributed by atoms with E-state index in [2.05, 4.69) is 20.6 Å². The maximum absolute atomic E-state index is 12.0. The topological polar surface area (TPSA) is 52.9 Å². The fourth-order valence-corrected chi connectivity index (χ4v) is 1.52. The van der Waals surface area contributed by atoms with Crippen LogP contribution in [-0.2, 0) is 34.1 Å². The van der Waals surface area contributed by atoms with Crippen LogP contribution in [0.15, 0.2) is 9.98 Å².